The van der Waals surface area contributed by atoms with Crippen LogP contribution in [0.1, 0.15) is 48.3 Å². The first kappa shape index (κ1) is 34.1. The normalized spacial score (nSPS) is 20.5. The number of nitrogens with zero attached hydrogens (tertiary/aromatic N) is 2. The fraction of sp³-hybridized carbons (Fsp3) is 0.343. The van der Waals surface area contributed by atoms with Gasteiger partial charge < -0.3 is 21.1 Å². The minimum absolute atomic E-state index is 0.0441. The van der Waals surface area contributed by atoms with Crippen LogP contribution in [0.4, 0.5) is 0 Å². The van der Waals surface area contributed by atoms with E-state index in [0.29, 0.717) is 34.9 Å². The third-order valence-corrected chi connectivity index (χ3v) is 10.0. The monoisotopic (exact) mass is 679 g/mol. The topological polar surface area (TPSA) is 150 Å². The Labute approximate surface area is 283 Å². The van der Waals surface area contributed by atoms with Crippen molar-refractivity contribution in [1.82, 2.24) is 4.90 Å². The number of hydrogen-bond donors (Lipinski definition) is 2. The number of quaternary nitrogens is 1. The Bertz CT molecular complexity index is 1630. The predicted octanol–water partition coefficient (Wildman–Crippen LogP) is 3.75. The first-order valence-electron chi connectivity index (χ1n) is 15.5. The maximum Gasteiger partial charge on any atom is 0.330 e. The number of amides is 4. The lowest BCUT2D eigenvalue weighted by Crippen LogP contribution is -2.67. The number of halogens is 2. The van der Waals surface area contributed by atoms with Crippen molar-refractivity contribution in [3.63, 3.8) is 0 Å². The van der Waals surface area contributed by atoms with E-state index in [1.165, 1.54) is 4.90 Å². The molecule has 10 nitrogen and oxygen atoms in total. The molecular formula is C35H37Cl2N4O6+. The van der Waals surface area contributed by atoms with Gasteiger partial charge in [-0.15, -0.1) is 0 Å². The van der Waals surface area contributed by atoms with Crippen LogP contribution in [-0.4, -0.2) is 76.8 Å². The van der Waals surface area contributed by atoms with Crippen molar-refractivity contribution in [2.45, 2.75) is 49.6 Å². The van der Waals surface area contributed by atoms with Crippen LogP contribution < -0.4 is 11.5 Å². The van der Waals surface area contributed by atoms with Gasteiger partial charge in [0.2, 0.25) is 0 Å². The van der Waals surface area contributed by atoms with Crippen molar-refractivity contribution in [1.29, 1.82) is 0 Å². The van der Waals surface area contributed by atoms with Crippen molar-refractivity contribution in [3.8, 4) is 0 Å². The molecule has 5 rings (SSSR count). The van der Waals surface area contributed by atoms with Crippen LogP contribution in [0.15, 0.2) is 78.9 Å². The second kappa shape index (κ2) is 14.3. The number of hydrogen-bond acceptors (Lipinski definition) is 6. The lowest BCUT2D eigenvalue weighted by Gasteiger charge is -2.40. The SMILES string of the molecule is NC(=O)COC(=O)C1CC(=O)[N+](CCc2ccc(Cl)cc2Cl)(C2(C(N)=O)CC2)CC(=O)N1CCC(c1ccccc1)c1ccccc1. The van der Waals surface area contributed by atoms with E-state index in [4.69, 9.17) is 39.4 Å². The van der Waals surface area contributed by atoms with E-state index in [2.05, 4.69) is 0 Å². The zero-order chi connectivity index (χ0) is 33.8. The molecule has 0 spiro atoms. The molecule has 1 saturated heterocycles. The van der Waals surface area contributed by atoms with Crippen molar-refractivity contribution in [3.05, 3.63) is 106 Å². The molecule has 3 aromatic carbocycles. The third kappa shape index (κ3) is 7.20. The molecule has 47 heavy (non-hydrogen) atoms. The molecule has 4 amide bonds. The van der Waals surface area contributed by atoms with Gasteiger partial charge in [-0.25, -0.2) is 14.1 Å². The average molecular weight is 681 g/mol. The maximum absolute atomic E-state index is 14.4. The fourth-order valence-corrected chi connectivity index (χ4v) is 7.28. The molecule has 12 heteroatoms. The molecule has 1 heterocycles. The van der Waals surface area contributed by atoms with Gasteiger partial charge in [-0.2, -0.15) is 0 Å². The van der Waals surface area contributed by atoms with Crippen molar-refractivity contribution in [2.75, 3.05) is 26.2 Å². The molecular weight excluding hydrogens is 643 g/mol. The van der Waals surface area contributed by atoms with E-state index in [0.717, 1.165) is 11.1 Å². The fourth-order valence-electron chi connectivity index (χ4n) is 6.78. The average Bonchev–Trinajstić information content (AvgIpc) is 3.88. The largest absolute Gasteiger partial charge is 0.454 e. The minimum atomic E-state index is -1.34. The molecule has 2 aliphatic rings. The zero-order valence-electron chi connectivity index (χ0n) is 25.8. The van der Waals surface area contributed by atoms with Crippen LogP contribution in [-0.2, 0) is 35.1 Å². The van der Waals surface area contributed by atoms with Crippen molar-refractivity contribution in [2.24, 2.45) is 11.5 Å². The first-order valence-corrected chi connectivity index (χ1v) is 16.2. The summed E-state index contributed by atoms with van der Waals surface area (Å²) in [5, 5.41) is 0.826. The Morgan fingerprint density at radius 1 is 0.936 bits per heavy atom. The number of primary amides is 2. The third-order valence-electron chi connectivity index (χ3n) is 9.42. The molecule has 1 aliphatic carbocycles. The lowest BCUT2D eigenvalue weighted by atomic mass is 9.88. The number of rotatable bonds is 13. The molecule has 1 aliphatic heterocycles. The van der Waals surface area contributed by atoms with Gasteiger partial charge in [0, 0.05) is 41.8 Å². The molecule has 0 aromatic heterocycles. The van der Waals surface area contributed by atoms with Gasteiger partial charge in [-0.3, -0.25) is 14.4 Å². The predicted molar refractivity (Wildman–Crippen MR) is 176 cm³/mol. The molecule has 2 atom stereocenters. The highest BCUT2D eigenvalue weighted by atomic mass is 35.5. The smallest absolute Gasteiger partial charge is 0.330 e. The number of benzene rings is 3. The van der Waals surface area contributed by atoms with Crippen LogP contribution in [0.5, 0.6) is 0 Å². The van der Waals surface area contributed by atoms with Crippen molar-refractivity contribution >= 4 is 52.8 Å². The summed E-state index contributed by atoms with van der Waals surface area (Å²) in [6.07, 6.45) is 0.848. The van der Waals surface area contributed by atoms with Crippen LogP contribution in [0, 0.1) is 0 Å². The summed E-state index contributed by atoms with van der Waals surface area (Å²) in [5.74, 6) is -3.63. The molecule has 3 aromatic rings. The number of carbonyl (C=O) groups excluding carboxylic acids is 5. The zero-order valence-corrected chi connectivity index (χ0v) is 27.3. The minimum Gasteiger partial charge on any atom is -0.454 e. The van der Waals surface area contributed by atoms with Gasteiger partial charge in [0.25, 0.3) is 17.7 Å². The Hall–Kier alpha value is -4.25. The Kier molecular flexibility index (Phi) is 10.3. The highest BCUT2D eigenvalue weighted by molar-refractivity contribution is 6.35. The van der Waals surface area contributed by atoms with Crippen molar-refractivity contribution < 1.29 is 33.2 Å². The van der Waals surface area contributed by atoms with Crippen LogP contribution in [0.25, 0.3) is 0 Å². The standard InChI is InChI=1S/C35H36Cl2N4O6/c36-26-12-11-25(28(37)19-26)14-18-41(35(15-16-35)34(39)46)21-31(43)40(29(20-32(41)44)33(45)47-22-30(38)42)17-13-27(23-7-3-1-4-8-23)24-9-5-2-6-10-24/h1-12,19,27,29H,13-18,20-22H2,(H3-,38,39,42,46)/p+1. The highest BCUT2D eigenvalue weighted by Crippen LogP contribution is 2.49. The summed E-state index contributed by atoms with van der Waals surface area (Å²) >= 11 is 12.6. The van der Waals surface area contributed by atoms with Gasteiger partial charge in [-0.1, -0.05) is 89.9 Å². The summed E-state index contributed by atoms with van der Waals surface area (Å²) in [6.45, 7) is -0.956. The van der Waals surface area contributed by atoms with E-state index in [1.54, 1.807) is 18.2 Å². The molecule has 1 saturated carbocycles. The summed E-state index contributed by atoms with van der Waals surface area (Å²) < 4.78 is 4.64. The van der Waals surface area contributed by atoms with E-state index >= 15 is 0 Å². The van der Waals surface area contributed by atoms with Gasteiger partial charge in [0.15, 0.2) is 18.7 Å². The highest BCUT2D eigenvalue weighted by Gasteiger charge is 2.69. The Morgan fingerprint density at radius 3 is 2.09 bits per heavy atom. The quantitative estimate of drug-likeness (QED) is 0.208. The van der Waals surface area contributed by atoms with Crippen LogP contribution in [0.2, 0.25) is 10.0 Å². The molecule has 4 N–H and O–H groups in total. The van der Waals surface area contributed by atoms with E-state index in [-0.39, 0.29) is 32.0 Å². The first-order chi connectivity index (χ1) is 22.5. The second-order valence-electron chi connectivity index (χ2n) is 12.2. The Balaban J connectivity index is 1.52. The molecule has 2 fully saturated rings. The van der Waals surface area contributed by atoms with Gasteiger partial charge in [0.05, 0.1) is 13.0 Å². The number of ether oxygens (including phenoxy) is 1. The summed E-state index contributed by atoms with van der Waals surface area (Å²) in [7, 11) is 0. The maximum atomic E-state index is 14.4. The van der Waals surface area contributed by atoms with Gasteiger partial charge >= 0.3 is 11.9 Å². The molecule has 0 radical (unpaired) electrons. The number of nitrogens with two attached hydrogens (primary N) is 2. The molecule has 0 bridgehead atoms. The summed E-state index contributed by atoms with van der Waals surface area (Å²) in [5.41, 5.74) is 12.6. The van der Waals surface area contributed by atoms with E-state index < -0.39 is 58.7 Å². The second-order valence-corrected chi connectivity index (χ2v) is 13.0. The van der Waals surface area contributed by atoms with E-state index in [9.17, 15) is 24.0 Å². The summed E-state index contributed by atoms with van der Waals surface area (Å²) in [4.78, 5) is 68.2. The number of esters is 1. The number of carbonyl (C=O) groups is 5. The molecule has 246 valence electrons. The van der Waals surface area contributed by atoms with Crippen LogP contribution >= 0.6 is 23.2 Å². The molecule has 2 unspecified atom stereocenters. The lowest BCUT2D eigenvalue weighted by molar-refractivity contribution is -0.873. The Morgan fingerprint density at radius 2 is 1.55 bits per heavy atom. The summed E-state index contributed by atoms with van der Waals surface area (Å²) in [6, 6.07) is 23.2. The van der Waals surface area contributed by atoms with Crippen LogP contribution in [0.3, 0.4) is 0 Å². The van der Waals surface area contributed by atoms with Gasteiger partial charge in [-0.05, 0) is 35.2 Å². The van der Waals surface area contributed by atoms with Gasteiger partial charge in [0.1, 0.15) is 6.04 Å². The van der Waals surface area contributed by atoms with E-state index in [1.807, 2.05) is 60.7 Å².